The van der Waals surface area contributed by atoms with Gasteiger partial charge in [-0.3, -0.25) is 0 Å². The summed E-state index contributed by atoms with van der Waals surface area (Å²) < 4.78 is 0. The van der Waals surface area contributed by atoms with E-state index in [2.05, 4.69) is 46.8 Å². The molecule has 0 bridgehead atoms. The minimum atomic E-state index is 0.747. The van der Waals surface area contributed by atoms with Crippen LogP contribution in [-0.2, 0) is 19.3 Å². The molecule has 0 amide bonds. The third-order valence-corrected chi connectivity index (χ3v) is 5.47. The first-order valence-corrected chi connectivity index (χ1v) is 11.2. The zero-order valence-corrected chi connectivity index (χ0v) is 17.9. The van der Waals surface area contributed by atoms with Gasteiger partial charge in [0, 0.05) is 0 Å². The molecule has 0 nitrogen and oxygen atoms in total. The molecule has 0 saturated heterocycles. The topological polar surface area (TPSA) is 0 Å². The van der Waals surface area contributed by atoms with E-state index in [9.17, 15) is 0 Å². The van der Waals surface area contributed by atoms with Gasteiger partial charge in [-0.05, 0) is 60.8 Å². The lowest BCUT2D eigenvalue weighted by Crippen LogP contribution is -2.02. The Hall–Kier alpha value is -0.780. The molecule has 1 aromatic carbocycles. The third kappa shape index (κ3) is 9.47. The van der Waals surface area contributed by atoms with Crippen LogP contribution in [0.15, 0.2) is 12.1 Å². The molecule has 0 aromatic heterocycles. The number of hydrogen-bond donors (Lipinski definition) is 0. The van der Waals surface area contributed by atoms with Crippen molar-refractivity contribution in [3.05, 3.63) is 34.4 Å². The van der Waals surface area contributed by atoms with Crippen LogP contribution in [0.3, 0.4) is 0 Å². The van der Waals surface area contributed by atoms with E-state index in [1.165, 1.54) is 89.0 Å². The summed E-state index contributed by atoms with van der Waals surface area (Å²) in [5.41, 5.74) is 6.29. The van der Waals surface area contributed by atoms with Crippen molar-refractivity contribution in [3.8, 4) is 0 Å². The van der Waals surface area contributed by atoms with Gasteiger partial charge in [-0.1, -0.05) is 97.6 Å². The fourth-order valence-corrected chi connectivity index (χ4v) is 3.89. The Bertz CT molecular complexity index is 455. The summed E-state index contributed by atoms with van der Waals surface area (Å²) >= 11 is 0. The highest BCUT2D eigenvalue weighted by Crippen LogP contribution is 2.22. The average molecular weight is 345 g/mol. The summed E-state index contributed by atoms with van der Waals surface area (Å²) in [7, 11) is 0. The molecule has 0 aliphatic carbocycles. The zero-order valence-electron chi connectivity index (χ0n) is 17.9. The van der Waals surface area contributed by atoms with Crippen LogP contribution >= 0.6 is 0 Å². The van der Waals surface area contributed by atoms with Crippen molar-refractivity contribution in [2.24, 2.45) is 5.92 Å². The smallest absolute Gasteiger partial charge is 0.0253 e. The van der Waals surface area contributed by atoms with E-state index in [0.717, 1.165) is 5.92 Å². The van der Waals surface area contributed by atoms with Crippen LogP contribution in [0, 0.1) is 12.8 Å². The highest BCUT2D eigenvalue weighted by Gasteiger charge is 2.08. The maximum Gasteiger partial charge on any atom is -0.0253 e. The molecule has 0 heteroatoms. The predicted molar refractivity (Wildman–Crippen MR) is 115 cm³/mol. The van der Waals surface area contributed by atoms with E-state index in [1.54, 1.807) is 16.7 Å². The van der Waals surface area contributed by atoms with Gasteiger partial charge in [-0.15, -0.1) is 0 Å². The summed E-state index contributed by atoms with van der Waals surface area (Å²) in [5, 5.41) is 0. The Balaban J connectivity index is 2.29. The molecule has 0 saturated carbocycles. The molecule has 0 spiro atoms. The van der Waals surface area contributed by atoms with Crippen LogP contribution in [-0.4, -0.2) is 0 Å². The van der Waals surface area contributed by atoms with Gasteiger partial charge in [-0.2, -0.15) is 0 Å². The second-order valence-electron chi connectivity index (χ2n) is 8.43. The van der Waals surface area contributed by atoms with E-state index < -0.39 is 0 Å². The lowest BCUT2D eigenvalue weighted by molar-refractivity contribution is 0.556. The molecule has 1 aromatic rings. The van der Waals surface area contributed by atoms with Crippen LogP contribution in [0.4, 0.5) is 0 Å². The number of hydrogen-bond acceptors (Lipinski definition) is 0. The molecule has 0 fully saturated rings. The van der Waals surface area contributed by atoms with Crippen molar-refractivity contribution >= 4 is 0 Å². The highest BCUT2D eigenvalue weighted by atomic mass is 14.1. The van der Waals surface area contributed by atoms with Crippen molar-refractivity contribution in [1.82, 2.24) is 0 Å². The number of unbranched alkanes of at least 4 members (excludes halogenated alkanes) is 9. The monoisotopic (exact) mass is 344 g/mol. The van der Waals surface area contributed by atoms with Crippen molar-refractivity contribution in [2.75, 3.05) is 0 Å². The summed E-state index contributed by atoms with van der Waals surface area (Å²) in [4.78, 5) is 0. The number of benzene rings is 1. The molecule has 0 heterocycles. The Morgan fingerprint density at radius 2 is 1.24 bits per heavy atom. The van der Waals surface area contributed by atoms with Gasteiger partial charge in [0.25, 0.3) is 0 Å². The first-order valence-electron chi connectivity index (χ1n) is 11.2. The molecular formula is C25H44. The summed E-state index contributed by atoms with van der Waals surface area (Å²) in [5.74, 6) is 0.747. The number of aryl methyl sites for hydroxylation is 3. The van der Waals surface area contributed by atoms with Gasteiger partial charge in [0.15, 0.2) is 0 Å². The first-order chi connectivity index (χ1) is 12.1. The van der Waals surface area contributed by atoms with Crippen molar-refractivity contribution in [3.63, 3.8) is 0 Å². The lowest BCUT2D eigenvalue weighted by Gasteiger charge is -2.15. The molecule has 144 valence electrons. The molecule has 0 aliphatic rings. The van der Waals surface area contributed by atoms with E-state index >= 15 is 0 Å². The lowest BCUT2D eigenvalue weighted by atomic mass is 9.90. The Morgan fingerprint density at radius 3 is 1.76 bits per heavy atom. The van der Waals surface area contributed by atoms with E-state index in [1.807, 2.05) is 0 Å². The van der Waals surface area contributed by atoms with Crippen LogP contribution < -0.4 is 0 Å². The highest BCUT2D eigenvalue weighted by molar-refractivity contribution is 5.38. The maximum absolute atomic E-state index is 2.50. The van der Waals surface area contributed by atoms with Gasteiger partial charge in [0.1, 0.15) is 0 Å². The van der Waals surface area contributed by atoms with Gasteiger partial charge < -0.3 is 0 Å². The van der Waals surface area contributed by atoms with Crippen LogP contribution in [0.1, 0.15) is 114 Å². The Morgan fingerprint density at radius 1 is 0.680 bits per heavy atom. The van der Waals surface area contributed by atoms with Gasteiger partial charge >= 0.3 is 0 Å². The van der Waals surface area contributed by atoms with E-state index in [0.29, 0.717) is 0 Å². The molecule has 25 heavy (non-hydrogen) atoms. The molecule has 1 rings (SSSR count). The predicted octanol–water partition coefficient (Wildman–Crippen LogP) is 8.22. The number of rotatable bonds is 14. The van der Waals surface area contributed by atoms with E-state index in [4.69, 9.17) is 0 Å². The molecule has 0 radical (unpaired) electrons. The molecule has 0 N–H and O–H groups in total. The summed E-state index contributed by atoms with van der Waals surface area (Å²) in [6.07, 6.45) is 17.9. The van der Waals surface area contributed by atoms with E-state index in [-0.39, 0.29) is 0 Å². The van der Waals surface area contributed by atoms with Gasteiger partial charge in [-0.25, -0.2) is 0 Å². The normalized spacial score (nSPS) is 11.4. The standard InChI is InChI=1S/C25H44/c1-6-8-9-10-11-12-13-14-15-16-17-24-19-22(5)25(18-21(3)4)20-23(24)7-2/h19-21H,6-18H2,1-5H3. The summed E-state index contributed by atoms with van der Waals surface area (Å²) in [6, 6.07) is 4.99. The largest absolute Gasteiger partial charge is 0.0654 e. The van der Waals surface area contributed by atoms with Gasteiger partial charge in [0.2, 0.25) is 0 Å². The fraction of sp³-hybridized carbons (Fsp3) is 0.760. The molecule has 0 aliphatic heterocycles. The van der Waals surface area contributed by atoms with Crippen LogP contribution in [0.5, 0.6) is 0 Å². The zero-order chi connectivity index (χ0) is 18.5. The molecule has 0 unspecified atom stereocenters. The third-order valence-electron chi connectivity index (χ3n) is 5.47. The SMILES string of the molecule is CCCCCCCCCCCCc1cc(C)c(CC(C)C)cc1CC. The Labute approximate surface area is 158 Å². The van der Waals surface area contributed by atoms with Crippen LogP contribution in [0.25, 0.3) is 0 Å². The maximum atomic E-state index is 2.50. The van der Waals surface area contributed by atoms with Crippen molar-refractivity contribution in [2.45, 2.75) is 118 Å². The first kappa shape index (κ1) is 22.3. The van der Waals surface area contributed by atoms with Crippen molar-refractivity contribution < 1.29 is 0 Å². The second-order valence-corrected chi connectivity index (χ2v) is 8.43. The van der Waals surface area contributed by atoms with Gasteiger partial charge in [0.05, 0.1) is 0 Å². The molecule has 0 atom stereocenters. The average Bonchev–Trinajstić information content (AvgIpc) is 2.58. The summed E-state index contributed by atoms with van der Waals surface area (Å²) in [6.45, 7) is 11.6. The minimum Gasteiger partial charge on any atom is -0.0654 e. The van der Waals surface area contributed by atoms with Crippen LogP contribution in [0.2, 0.25) is 0 Å². The minimum absolute atomic E-state index is 0.747. The quantitative estimate of drug-likeness (QED) is 0.298. The second kappa shape index (κ2) is 13.4. The van der Waals surface area contributed by atoms with Crippen molar-refractivity contribution in [1.29, 1.82) is 0 Å². The molecular weight excluding hydrogens is 300 g/mol. The Kier molecular flexibility index (Phi) is 12.0. The fourth-order valence-electron chi connectivity index (χ4n) is 3.89.